The smallest absolute Gasteiger partial charge is 0.364 e. The lowest BCUT2D eigenvalue weighted by Gasteiger charge is -2.33. The maximum atomic E-state index is 12.8. The van der Waals surface area contributed by atoms with E-state index in [1.165, 1.54) is 12.1 Å². The number of carboxylic acid groups (broad SMARTS) is 1. The average Bonchev–Trinajstić information content (AvgIpc) is 2.84. The topological polar surface area (TPSA) is 128 Å². The number of hydrogen-bond acceptors (Lipinski definition) is 8. The minimum absolute atomic E-state index is 0.00818. The molecule has 0 bridgehead atoms. The predicted octanol–water partition coefficient (Wildman–Crippen LogP) is 5.67. The van der Waals surface area contributed by atoms with Crippen molar-refractivity contribution in [2.75, 3.05) is 0 Å². The van der Waals surface area contributed by atoms with E-state index in [0.29, 0.717) is 24.8 Å². The summed E-state index contributed by atoms with van der Waals surface area (Å²) in [4.78, 5) is 50.6. The molecule has 220 valence electrons. The number of carbonyl (C=O) groups is 4. The van der Waals surface area contributed by atoms with Crippen LogP contribution in [-0.4, -0.2) is 40.8 Å². The third-order valence-electron chi connectivity index (χ3n) is 6.43. The van der Waals surface area contributed by atoms with Gasteiger partial charge >= 0.3 is 23.9 Å². The second-order valence-corrected chi connectivity index (χ2v) is 10.8. The molecule has 9 nitrogen and oxygen atoms in total. The van der Waals surface area contributed by atoms with E-state index in [4.69, 9.17) is 14.2 Å². The Morgan fingerprint density at radius 2 is 1.41 bits per heavy atom. The van der Waals surface area contributed by atoms with E-state index in [0.717, 1.165) is 12.8 Å². The molecule has 0 heterocycles. The number of aliphatic carboxylic acids is 1. The van der Waals surface area contributed by atoms with E-state index in [1.54, 1.807) is 26.8 Å². The Balaban J connectivity index is 3.50. The quantitative estimate of drug-likeness (QED) is 0.143. The van der Waals surface area contributed by atoms with Gasteiger partial charge in [-0.15, -0.1) is 0 Å². The zero-order valence-electron chi connectivity index (χ0n) is 24.8. The lowest BCUT2D eigenvalue weighted by molar-refractivity contribution is -0.185. The van der Waals surface area contributed by atoms with E-state index in [2.05, 4.69) is 5.32 Å². The average molecular weight is 550 g/mol. The number of carbonyl (C=O) groups excluding carboxylic acids is 3. The molecule has 0 fully saturated rings. The molecule has 4 atom stereocenters. The van der Waals surface area contributed by atoms with Crippen molar-refractivity contribution < 1.29 is 38.5 Å². The van der Waals surface area contributed by atoms with Gasteiger partial charge in [-0.05, 0) is 49.8 Å². The Hall–Kier alpha value is -2.94. The van der Waals surface area contributed by atoms with Crippen LogP contribution in [0.3, 0.4) is 0 Å². The van der Waals surface area contributed by atoms with Crippen LogP contribution in [0.4, 0.5) is 0 Å². The maximum Gasteiger partial charge on any atom is 0.364 e. The third-order valence-corrected chi connectivity index (χ3v) is 6.43. The number of ether oxygens (including phenoxy) is 3. The van der Waals surface area contributed by atoms with Gasteiger partial charge in [0.1, 0.15) is 0 Å². The molecule has 9 heteroatoms. The van der Waals surface area contributed by atoms with Crippen LogP contribution in [0.5, 0.6) is 11.5 Å². The maximum absolute atomic E-state index is 12.8. The summed E-state index contributed by atoms with van der Waals surface area (Å²) in [5.74, 6) is -3.61. The molecule has 0 aromatic heterocycles. The Morgan fingerprint density at radius 3 is 1.87 bits per heavy atom. The zero-order chi connectivity index (χ0) is 29.8. The van der Waals surface area contributed by atoms with Crippen LogP contribution < -0.4 is 14.8 Å². The van der Waals surface area contributed by atoms with Crippen molar-refractivity contribution >= 4 is 23.9 Å². The summed E-state index contributed by atoms with van der Waals surface area (Å²) >= 11 is 0. The molecule has 0 aliphatic carbocycles. The summed E-state index contributed by atoms with van der Waals surface area (Å²) in [5, 5.41) is 13.2. The van der Waals surface area contributed by atoms with E-state index in [-0.39, 0.29) is 48.1 Å². The number of benzene rings is 1. The number of hydrogen-bond donors (Lipinski definition) is 2. The number of nitrogens with one attached hydrogen (secondary N) is 1. The fourth-order valence-corrected chi connectivity index (χ4v) is 4.00. The fraction of sp³-hybridized carbons (Fsp3) is 0.667. The van der Waals surface area contributed by atoms with Gasteiger partial charge in [-0.25, -0.2) is 4.79 Å². The summed E-state index contributed by atoms with van der Waals surface area (Å²) in [5.41, 5.74) is -1.63. The van der Waals surface area contributed by atoms with Gasteiger partial charge in [0.15, 0.2) is 11.5 Å². The van der Waals surface area contributed by atoms with Crippen molar-refractivity contribution in [2.45, 2.75) is 112 Å². The second-order valence-electron chi connectivity index (χ2n) is 10.8. The summed E-state index contributed by atoms with van der Waals surface area (Å²) < 4.78 is 16.8. The van der Waals surface area contributed by atoms with Crippen LogP contribution in [-0.2, 0) is 30.3 Å². The highest BCUT2D eigenvalue weighted by molar-refractivity contribution is 5.82. The van der Waals surface area contributed by atoms with Crippen LogP contribution in [0, 0.1) is 17.8 Å². The molecule has 2 N–H and O–H groups in total. The van der Waals surface area contributed by atoms with Crippen molar-refractivity contribution in [3.05, 3.63) is 23.8 Å². The number of carboxylic acids is 1. The molecule has 0 amide bonds. The molecule has 0 saturated heterocycles. The van der Waals surface area contributed by atoms with Crippen LogP contribution in [0.25, 0.3) is 0 Å². The molecule has 0 saturated carbocycles. The molecular formula is C30H47NO8. The van der Waals surface area contributed by atoms with E-state index >= 15 is 0 Å². The van der Waals surface area contributed by atoms with Crippen molar-refractivity contribution in [2.24, 2.45) is 17.8 Å². The van der Waals surface area contributed by atoms with Crippen LogP contribution >= 0.6 is 0 Å². The summed E-state index contributed by atoms with van der Waals surface area (Å²) in [7, 11) is 0. The van der Waals surface area contributed by atoms with E-state index in [1.807, 2.05) is 34.6 Å². The lowest BCUT2D eigenvalue weighted by atomic mass is 9.99. The predicted molar refractivity (Wildman–Crippen MR) is 148 cm³/mol. The Labute approximate surface area is 233 Å². The molecule has 0 spiro atoms. The molecular weight excluding hydrogens is 502 g/mol. The highest BCUT2D eigenvalue weighted by Crippen LogP contribution is 2.32. The van der Waals surface area contributed by atoms with Gasteiger partial charge < -0.3 is 19.3 Å². The molecule has 3 unspecified atom stereocenters. The fourth-order valence-electron chi connectivity index (χ4n) is 4.00. The first-order chi connectivity index (χ1) is 18.3. The molecule has 0 aliphatic rings. The number of rotatable bonds is 17. The largest absolute Gasteiger partial charge is 0.477 e. The molecule has 0 radical (unpaired) electrons. The third kappa shape index (κ3) is 11.0. The van der Waals surface area contributed by atoms with Gasteiger partial charge in [0.2, 0.25) is 0 Å². The summed E-state index contributed by atoms with van der Waals surface area (Å²) in [6, 6.07) is 4.24. The molecule has 1 aromatic carbocycles. The van der Waals surface area contributed by atoms with Crippen molar-refractivity contribution in [3.63, 3.8) is 0 Å². The Bertz CT molecular complexity index is 976. The lowest BCUT2D eigenvalue weighted by Crippen LogP contribution is -2.59. The van der Waals surface area contributed by atoms with E-state index < -0.39 is 29.6 Å². The Morgan fingerprint density at radius 1 is 0.872 bits per heavy atom. The number of esters is 3. The second kappa shape index (κ2) is 16.2. The van der Waals surface area contributed by atoms with Crippen LogP contribution in [0.2, 0.25) is 0 Å². The van der Waals surface area contributed by atoms with Crippen molar-refractivity contribution in [1.29, 1.82) is 0 Å². The minimum atomic E-state index is -2.05. The highest BCUT2D eigenvalue weighted by Gasteiger charge is 2.44. The van der Waals surface area contributed by atoms with Gasteiger partial charge in [-0.2, -0.15) is 0 Å². The van der Waals surface area contributed by atoms with Crippen LogP contribution in [0.15, 0.2) is 18.2 Å². The standard InChI is InChI=1S/C30H47NO8/c1-9-12-20(6)27(33)37-24-15-14-23(17-25(24)38-28(34)21(7)13-10-2)18-30(29(35)36,31-22(8)11-3)39-26(32)16-19(4)5/h14-15,17,19-22,31H,9-13,16,18H2,1-8H3,(H,35,36)/t20?,21?,22?,30-/m0/s1. The first kappa shape index (κ1) is 34.1. The molecule has 0 aliphatic heterocycles. The van der Waals surface area contributed by atoms with Gasteiger partial charge in [0, 0.05) is 18.9 Å². The van der Waals surface area contributed by atoms with E-state index in [9.17, 15) is 24.3 Å². The van der Waals surface area contributed by atoms with Crippen molar-refractivity contribution in [1.82, 2.24) is 5.32 Å². The summed E-state index contributed by atoms with van der Waals surface area (Å²) in [6.07, 6.45) is 3.27. The molecule has 1 rings (SSSR count). The van der Waals surface area contributed by atoms with Gasteiger partial charge in [0.05, 0.1) is 11.8 Å². The monoisotopic (exact) mass is 549 g/mol. The zero-order valence-corrected chi connectivity index (χ0v) is 24.8. The van der Waals surface area contributed by atoms with Crippen LogP contribution in [0.1, 0.15) is 99.5 Å². The van der Waals surface area contributed by atoms with Gasteiger partial charge in [0.25, 0.3) is 5.72 Å². The normalized spacial score (nSPS) is 15.1. The Kier molecular flexibility index (Phi) is 14.2. The first-order valence-electron chi connectivity index (χ1n) is 14.1. The first-order valence-corrected chi connectivity index (χ1v) is 14.1. The van der Waals surface area contributed by atoms with Gasteiger partial charge in [-0.3, -0.25) is 19.7 Å². The van der Waals surface area contributed by atoms with Crippen molar-refractivity contribution in [3.8, 4) is 11.5 Å². The van der Waals surface area contributed by atoms with Gasteiger partial charge in [-0.1, -0.05) is 67.4 Å². The molecule has 39 heavy (non-hydrogen) atoms. The molecule has 1 aromatic rings. The minimum Gasteiger partial charge on any atom is -0.477 e. The SMILES string of the molecule is CCCC(C)C(=O)Oc1ccc(C[C@](NC(C)CC)(OC(=O)CC(C)C)C(=O)O)cc1OC(=O)C(C)CCC. The summed E-state index contributed by atoms with van der Waals surface area (Å²) in [6.45, 7) is 14.8. The highest BCUT2D eigenvalue weighted by atomic mass is 16.6.